The highest BCUT2D eigenvalue weighted by Crippen LogP contribution is 2.32. The van der Waals surface area contributed by atoms with Crippen LogP contribution < -0.4 is 4.90 Å². The summed E-state index contributed by atoms with van der Waals surface area (Å²) < 4.78 is 13.6. The minimum absolute atomic E-state index is 0.167. The van der Waals surface area contributed by atoms with E-state index in [1.54, 1.807) is 11.3 Å². The number of anilines is 1. The lowest BCUT2D eigenvalue weighted by Gasteiger charge is -2.44. The standard InChI is InChI=1S/C18H20N4O2S/c1-2-5-14(6-3-1)15-11-22-16(19-15)25-17(20-22)21-8-10-24-18(12-21)7-4-9-23-13-18/h1-3,5-6,11H,4,7-10,12-13H2. The van der Waals surface area contributed by atoms with Crippen molar-refractivity contribution in [3.05, 3.63) is 36.5 Å². The molecule has 2 fully saturated rings. The summed E-state index contributed by atoms with van der Waals surface area (Å²) in [4.78, 5) is 7.98. The molecule has 2 saturated heterocycles. The van der Waals surface area contributed by atoms with Crippen LogP contribution in [-0.4, -0.2) is 53.1 Å². The van der Waals surface area contributed by atoms with Crippen molar-refractivity contribution in [1.82, 2.24) is 14.6 Å². The molecule has 2 aromatic heterocycles. The van der Waals surface area contributed by atoms with E-state index >= 15 is 0 Å². The molecule has 4 heterocycles. The van der Waals surface area contributed by atoms with Gasteiger partial charge in [-0.05, 0) is 12.8 Å². The Kier molecular flexibility index (Phi) is 3.73. The first kappa shape index (κ1) is 15.3. The zero-order chi connectivity index (χ0) is 16.7. The van der Waals surface area contributed by atoms with Crippen LogP contribution in [0.3, 0.4) is 0 Å². The van der Waals surface area contributed by atoms with Gasteiger partial charge in [0.05, 0.1) is 31.6 Å². The van der Waals surface area contributed by atoms with Crippen molar-refractivity contribution in [2.75, 3.05) is 37.8 Å². The van der Waals surface area contributed by atoms with Crippen molar-refractivity contribution in [3.8, 4) is 11.3 Å². The average Bonchev–Trinajstić information content (AvgIpc) is 3.22. The zero-order valence-corrected chi connectivity index (χ0v) is 14.7. The fourth-order valence-corrected chi connectivity index (χ4v) is 4.55. The van der Waals surface area contributed by atoms with Crippen LogP contribution in [0.25, 0.3) is 16.2 Å². The Hall–Kier alpha value is -1.96. The Bertz CT molecular complexity index is 833. The first-order chi connectivity index (χ1) is 12.3. The van der Waals surface area contributed by atoms with Crippen molar-refractivity contribution in [2.24, 2.45) is 0 Å². The lowest BCUT2D eigenvalue weighted by Crippen LogP contribution is -2.56. The highest BCUT2D eigenvalue weighted by Gasteiger charge is 2.39. The van der Waals surface area contributed by atoms with Gasteiger partial charge in [0.1, 0.15) is 5.60 Å². The predicted molar refractivity (Wildman–Crippen MR) is 97.2 cm³/mol. The predicted octanol–water partition coefficient (Wildman–Crippen LogP) is 2.84. The first-order valence-corrected chi connectivity index (χ1v) is 9.51. The third kappa shape index (κ3) is 2.82. The van der Waals surface area contributed by atoms with E-state index < -0.39 is 0 Å². The second-order valence-corrected chi connectivity index (χ2v) is 7.65. The molecule has 1 unspecified atom stereocenters. The molecule has 1 aromatic carbocycles. The van der Waals surface area contributed by atoms with Gasteiger partial charge in [0.15, 0.2) is 0 Å². The molecule has 0 radical (unpaired) electrons. The van der Waals surface area contributed by atoms with Crippen molar-refractivity contribution in [3.63, 3.8) is 0 Å². The Balaban J connectivity index is 1.40. The fraction of sp³-hybridized carbons (Fsp3) is 0.444. The molecule has 0 N–H and O–H groups in total. The highest BCUT2D eigenvalue weighted by atomic mass is 32.1. The summed E-state index contributed by atoms with van der Waals surface area (Å²) in [5, 5.41) is 5.77. The number of hydrogen-bond acceptors (Lipinski definition) is 6. The van der Waals surface area contributed by atoms with E-state index in [0.29, 0.717) is 6.61 Å². The van der Waals surface area contributed by atoms with Crippen molar-refractivity contribution < 1.29 is 9.47 Å². The van der Waals surface area contributed by atoms with Gasteiger partial charge in [0.2, 0.25) is 10.1 Å². The van der Waals surface area contributed by atoms with Crippen molar-refractivity contribution >= 4 is 21.4 Å². The maximum atomic E-state index is 6.08. The Morgan fingerprint density at radius 1 is 1.16 bits per heavy atom. The summed E-state index contributed by atoms with van der Waals surface area (Å²) in [6, 6.07) is 10.2. The number of morpholine rings is 1. The summed E-state index contributed by atoms with van der Waals surface area (Å²) in [5.74, 6) is 0. The normalized spacial score (nSPS) is 24.2. The number of fused-ring (bicyclic) bond motifs is 1. The Morgan fingerprint density at radius 3 is 2.88 bits per heavy atom. The number of benzene rings is 1. The number of hydrogen-bond donors (Lipinski definition) is 0. The van der Waals surface area contributed by atoms with Crippen LogP contribution in [-0.2, 0) is 9.47 Å². The molecule has 6 nitrogen and oxygen atoms in total. The molecule has 2 aliphatic heterocycles. The van der Waals surface area contributed by atoms with E-state index in [0.717, 1.165) is 60.5 Å². The SMILES string of the molecule is c1ccc(-c2cn3nc(N4CCOC5(CCCOC5)C4)sc3n2)cc1. The van der Waals surface area contributed by atoms with Gasteiger partial charge in [0.25, 0.3) is 0 Å². The van der Waals surface area contributed by atoms with Crippen LogP contribution in [0.1, 0.15) is 12.8 Å². The largest absolute Gasteiger partial charge is 0.378 e. The molecule has 0 aliphatic carbocycles. The number of nitrogens with zero attached hydrogens (tertiary/aromatic N) is 4. The number of rotatable bonds is 2. The number of ether oxygens (including phenoxy) is 2. The Labute approximate surface area is 150 Å². The molecule has 3 aromatic rings. The molecule has 5 rings (SSSR count). The molecule has 25 heavy (non-hydrogen) atoms. The summed E-state index contributed by atoms with van der Waals surface area (Å²) >= 11 is 1.64. The molecule has 1 atom stereocenters. The van der Waals surface area contributed by atoms with Crippen LogP contribution in [0, 0.1) is 0 Å². The van der Waals surface area contributed by atoms with Crippen LogP contribution in [0.4, 0.5) is 5.13 Å². The summed E-state index contributed by atoms with van der Waals surface area (Å²) in [5.41, 5.74) is 1.91. The molecule has 0 amide bonds. The van der Waals surface area contributed by atoms with Crippen molar-refractivity contribution in [1.29, 1.82) is 0 Å². The second kappa shape index (κ2) is 6.09. The first-order valence-electron chi connectivity index (χ1n) is 8.70. The van der Waals surface area contributed by atoms with Crippen LogP contribution in [0.15, 0.2) is 36.5 Å². The van der Waals surface area contributed by atoms with Gasteiger partial charge in [-0.1, -0.05) is 41.7 Å². The van der Waals surface area contributed by atoms with Gasteiger partial charge < -0.3 is 14.4 Å². The Morgan fingerprint density at radius 2 is 2.08 bits per heavy atom. The van der Waals surface area contributed by atoms with E-state index in [9.17, 15) is 0 Å². The van der Waals surface area contributed by atoms with Crippen LogP contribution in [0.5, 0.6) is 0 Å². The lowest BCUT2D eigenvalue weighted by molar-refractivity contribution is -0.133. The molecule has 0 bridgehead atoms. The zero-order valence-electron chi connectivity index (χ0n) is 13.9. The third-order valence-corrected chi connectivity index (χ3v) is 5.89. The molecule has 2 aliphatic rings. The summed E-state index contributed by atoms with van der Waals surface area (Å²) in [6.45, 7) is 3.96. The topological polar surface area (TPSA) is 51.9 Å². The molecule has 1 spiro atoms. The quantitative estimate of drug-likeness (QED) is 0.707. The number of imidazole rings is 1. The lowest BCUT2D eigenvalue weighted by atomic mass is 9.94. The summed E-state index contributed by atoms with van der Waals surface area (Å²) in [6.07, 6.45) is 4.13. The highest BCUT2D eigenvalue weighted by molar-refractivity contribution is 7.20. The van der Waals surface area contributed by atoms with Gasteiger partial charge >= 0.3 is 0 Å². The van der Waals surface area contributed by atoms with E-state index in [1.165, 1.54) is 0 Å². The van der Waals surface area contributed by atoms with E-state index in [2.05, 4.69) is 17.0 Å². The van der Waals surface area contributed by atoms with Crippen LogP contribution in [0.2, 0.25) is 0 Å². The van der Waals surface area contributed by atoms with Gasteiger partial charge in [-0.2, -0.15) is 0 Å². The molecular formula is C18H20N4O2S. The van der Waals surface area contributed by atoms with Crippen LogP contribution >= 0.6 is 11.3 Å². The smallest absolute Gasteiger partial charge is 0.214 e. The van der Waals surface area contributed by atoms with E-state index in [4.69, 9.17) is 19.6 Å². The maximum absolute atomic E-state index is 6.08. The molecule has 130 valence electrons. The van der Waals surface area contributed by atoms with Gasteiger partial charge in [-0.15, -0.1) is 5.10 Å². The average molecular weight is 356 g/mol. The monoisotopic (exact) mass is 356 g/mol. The molecular weight excluding hydrogens is 336 g/mol. The van der Waals surface area contributed by atoms with E-state index in [-0.39, 0.29) is 5.60 Å². The molecule has 7 heteroatoms. The second-order valence-electron chi connectivity index (χ2n) is 6.71. The minimum Gasteiger partial charge on any atom is -0.378 e. The summed E-state index contributed by atoms with van der Waals surface area (Å²) in [7, 11) is 0. The maximum Gasteiger partial charge on any atom is 0.214 e. The molecule has 0 saturated carbocycles. The van der Waals surface area contributed by atoms with Gasteiger partial charge in [-0.3, -0.25) is 0 Å². The third-order valence-electron chi connectivity index (χ3n) is 4.91. The minimum atomic E-state index is -0.167. The van der Waals surface area contributed by atoms with E-state index in [1.807, 2.05) is 28.9 Å². The van der Waals surface area contributed by atoms with Crippen molar-refractivity contribution in [2.45, 2.75) is 18.4 Å². The van der Waals surface area contributed by atoms with Gasteiger partial charge in [0, 0.05) is 18.7 Å². The van der Waals surface area contributed by atoms with Gasteiger partial charge in [-0.25, -0.2) is 9.50 Å². The fourth-order valence-electron chi connectivity index (χ4n) is 3.64. The number of aromatic nitrogens is 3.